The number of hydrogen-bond donors (Lipinski definition) is 0. The fourth-order valence-corrected chi connectivity index (χ4v) is 2.10. The minimum absolute atomic E-state index is 0.000223. The van der Waals surface area contributed by atoms with Gasteiger partial charge in [-0.3, -0.25) is 4.79 Å². The highest BCUT2D eigenvalue weighted by atomic mass is 16.5. The van der Waals surface area contributed by atoms with E-state index in [0.717, 1.165) is 16.9 Å². The Morgan fingerprint density at radius 3 is 2.16 bits per heavy atom. The molecule has 1 unspecified atom stereocenters. The molecule has 2 aromatic carbocycles. The predicted octanol–water partition coefficient (Wildman–Crippen LogP) is 3.95. The highest BCUT2D eigenvalue weighted by Gasteiger charge is 2.16. The monoisotopic (exact) mass is 254 g/mol. The summed E-state index contributed by atoms with van der Waals surface area (Å²) < 4.78 is 5.74. The van der Waals surface area contributed by atoms with Gasteiger partial charge in [-0.25, -0.2) is 0 Å². The van der Waals surface area contributed by atoms with Crippen LogP contribution in [0.1, 0.15) is 28.4 Å². The van der Waals surface area contributed by atoms with Gasteiger partial charge in [0.15, 0.2) is 6.10 Å². The second kappa shape index (κ2) is 5.70. The molecule has 0 aromatic heterocycles. The first-order valence-corrected chi connectivity index (χ1v) is 6.40. The molecule has 2 heteroatoms. The molecule has 1 atom stereocenters. The second-order valence-corrected chi connectivity index (χ2v) is 4.81. The Kier molecular flexibility index (Phi) is 4.00. The standard InChI is InChI=1S/C17H18O2/c1-12-9-13(2)11-16(10-12)19-14(3)17(18)15-7-5-4-6-8-15/h4-11,14H,1-3H3. The molecule has 0 saturated heterocycles. The van der Waals surface area contributed by atoms with Crippen molar-refractivity contribution < 1.29 is 9.53 Å². The lowest BCUT2D eigenvalue weighted by atomic mass is 10.1. The quantitative estimate of drug-likeness (QED) is 0.772. The van der Waals surface area contributed by atoms with Crippen LogP contribution in [0.5, 0.6) is 5.75 Å². The lowest BCUT2D eigenvalue weighted by molar-refractivity contribution is 0.0818. The Morgan fingerprint density at radius 1 is 1.00 bits per heavy atom. The van der Waals surface area contributed by atoms with Gasteiger partial charge in [0.05, 0.1) is 0 Å². The molecule has 0 saturated carbocycles. The summed E-state index contributed by atoms with van der Waals surface area (Å²) in [4.78, 5) is 12.2. The maximum absolute atomic E-state index is 12.2. The topological polar surface area (TPSA) is 26.3 Å². The fourth-order valence-electron chi connectivity index (χ4n) is 2.10. The van der Waals surface area contributed by atoms with Crippen LogP contribution in [0.15, 0.2) is 48.5 Å². The molecule has 0 heterocycles. The number of aryl methyl sites for hydroxylation is 2. The predicted molar refractivity (Wildman–Crippen MR) is 76.8 cm³/mol. The van der Waals surface area contributed by atoms with Crippen LogP contribution in [0.2, 0.25) is 0 Å². The Hall–Kier alpha value is -2.09. The van der Waals surface area contributed by atoms with E-state index in [1.165, 1.54) is 0 Å². The van der Waals surface area contributed by atoms with Crippen LogP contribution < -0.4 is 4.74 Å². The van der Waals surface area contributed by atoms with Crippen LogP contribution in [0.4, 0.5) is 0 Å². The maximum Gasteiger partial charge on any atom is 0.202 e. The number of benzene rings is 2. The molecule has 0 spiro atoms. The van der Waals surface area contributed by atoms with Gasteiger partial charge < -0.3 is 4.74 Å². The van der Waals surface area contributed by atoms with Crippen LogP contribution in [-0.2, 0) is 0 Å². The zero-order valence-electron chi connectivity index (χ0n) is 11.5. The smallest absolute Gasteiger partial charge is 0.202 e. The third kappa shape index (κ3) is 3.44. The van der Waals surface area contributed by atoms with Gasteiger partial charge in [-0.2, -0.15) is 0 Å². The van der Waals surface area contributed by atoms with E-state index < -0.39 is 6.10 Å². The second-order valence-electron chi connectivity index (χ2n) is 4.81. The van der Waals surface area contributed by atoms with Gasteiger partial charge in [0.1, 0.15) is 5.75 Å². The normalized spacial score (nSPS) is 11.9. The molecule has 2 nitrogen and oxygen atoms in total. The average Bonchev–Trinajstić information content (AvgIpc) is 2.37. The summed E-state index contributed by atoms with van der Waals surface area (Å²) in [5, 5.41) is 0. The largest absolute Gasteiger partial charge is 0.483 e. The molecule has 0 amide bonds. The molecule has 0 aliphatic rings. The highest BCUT2D eigenvalue weighted by molar-refractivity contribution is 5.99. The van der Waals surface area contributed by atoms with E-state index in [-0.39, 0.29) is 5.78 Å². The molecule has 0 fully saturated rings. The van der Waals surface area contributed by atoms with Gasteiger partial charge >= 0.3 is 0 Å². The van der Waals surface area contributed by atoms with Crippen molar-refractivity contribution in [3.8, 4) is 5.75 Å². The summed E-state index contributed by atoms with van der Waals surface area (Å²) in [7, 11) is 0. The number of rotatable bonds is 4. The molecule has 0 aliphatic carbocycles. The van der Waals surface area contributed by atoms with Crippen molar-refractivity contribution in [2.45, 2.75) is 26.9 Å². The van der Waals surface area contributed by atoms with Crippen molar-refractivity contribution >= 4 is 5.78 Å². The summed E-state index contributed by atoms with van der Waals surface area (Å²) >= 11 is 0. The van der Waals surface area contributed by atoms with E-state index in [2.05, 4.69) is 6.07 Å². The number of carbonyl (C=O) groups is 1. The molecule has 0 radical (unpaired) electrons. The summed E-state index contributed by atoms with van der Waals surface area (Å²) in [6.07, 6.45) is -0.483. The zero-order valence-corrected chi connectivity index (χ0v) is 11.5. The van der Waals surface area contributed by atoms with Crippen molar-refractivity contribution in [2.24, 2.45) is 0 Å². The first-order chi connectivity index (χ1) is 9.06. The van der Waals surface area contributed by atoms with Crippen molar-refractivity contribution in [3.63, 3.8) is 0 Å². The van der Waals surface area contributed by atoms with Gasteiger partial charge in [0, 0.05) is 5.56 Å². The first kappa shape index (κ1) is 13.3. The van der Waals surface area contributed by atoms with Crippen molar-refractivity contribution in [2.75, 3.05) is 0 Å². The molecule has 0 bridgehead atoms. The van der Waals surface area contributed by atoms with Crippen molar-refractivity contribution in [1.82, 2.24) is 0 Å². The summed E-state index contributed by atoms with van der Waals surface area (Å²) in [6, 6.07) is 15.2. The Morgan fingerprint density at radius 2 is 1.58 bits per heavy atom. The molecule has 2 rings (SSSR count). The molecular weight excluding hydrogens is 236 g/mol. The average molecular weight is 254 g/mol. The van der Waals surface area contributed by atoms with E-state index in [1.54, 1.807) is 6.92 Å². The fraction of sp³-hybridized carbons (Fsp3) is 0.235. The number of hydrogen-bond acceptors (Lipinski definition) is 2. The van der Waals surface area contributed by atoms with Crippen molar-refractivity contribution in [1.29, 1.82) is 0 Å². The van der Waals surface area contributed by atoms with Gasteiger partial charge in [-0.15, -0.1) is 0 Å². The molecule has 98 valence electrons. The van der Waals surface area contributed by atoms with Crippen LogP contribution in [0, 0.1) is 13.8 Å². The molecule has 19 heavy (non-hydrogen) atoms. The molecular formula is C17H18O2. The van der Waals surface area contributed by atoms with E-state index >= 15 is 0 Å². The van der Waals surface area contributed by atoms with E-state index in [9.17, 15) is 4.79 Å². The number of ether oxygens (including phenoxy) is 1. The third-order valence-electron chi connectivity index (χ3n) is 2.94. The number of ketones is 1. The van der Waals surface area contributed by atoms with Gasteiger partial charge in [0.2, 0.25) is 5.78 Å². The number of carbonyl (C=O) groups excluding carboxylic acids is 1. The summed E-state index contributed by atoms with van der Waals surface area (Å²) in [5.74, 6) is 0.744. The summed E-state index contributed by atoms with van der Waals surface area (Å²) in [6.45, 7) is 5.82. The van der Waals surface area contributed by atoms with Crippen LogP contribution in [-0.4, -0.2) is 11.9 Å². The van der Waals surface area contributed by atoms with Gasteiger partial charge in [-0.05, 0) is 44.0 Å². The first-order valence-electron chi connectivity index (χ1n) is 6.40. The number of Topliss-reactive ketones (excluding diaryl/α,β-unsaturated/α-hetero) is 1. The van der Waals surface area contributed by atoms with E-state index in [4.69, 9.17) is 4.74 Å². The minimum Gasteiger partial charge on any atom is -0.483 e. The van der Waals surface area contributed by atoms with E-state index in [1.807, 2.05) is 56.3 Å². The van der Waals surface area contributed by atoms with Gasteiger partial charge in [-0.1, -0.05) is 36.4 Å². The van der Waals surface area contributed by atoms with Crippen LogP contribution in [0.3, 0.4) is 0 Å². The Labute approximate surface area is 114 Å². The Bertz CT molecular complexity index is 553. The van der Waals surface area contributed by atoms with Crippen LogP contribution >= 0.6 is 0 Å². The molecule has 0 aliphatic heterocycles. The third-order valence-corrected chi connectivity index (χ3v) is 2.94. The van der Waals surface area contributed by atoms with Crippen molar-refractivity contribution in [3.05, 3.63) is 65.2 Å². The zero-order chi connectivity index (χ0) is 13.8. The summed E-state index contributed by atoms with van der Waals surface area (Å²) in [5.41, 5.74) is 2.95. The lowest BCUT2D eigenvalue weighted by Gasteiger charge is -2.14. The minimum atomic E-state index is -0.483. The van der Waals surface area contributed by atoms with E-state index in [0.29, 0.717) is 5.56 Å². The molecule has 0 N–H and O–H groups in total. The SMILES string of the molecule is Cc1cc(C)cc(OC(C)C(=O)c2ccccc2)c1. The molecule has 2 aromatic rings. The lowest BCUT2D eigenvalue weighted by Crippen LogP contribution is -2.23. The maximum atomic E-state index is 12.2. The Balaban J connectivity index is 2.13. The van der Waals surface area contributed by atoms with Crippen LogP contribution in [0.25, 0.3) is 0 Å². The highest BCUT2D eigenvalue weighted by Crippen LogP contribution is 2.18. The van der Waals surface area contributed by atoms with Gasteiger partial charge in [0.25, 0.3) is 0 Å².